The number of esters is 1. The Bertz CT molecular complexity index is 618. The highest BCUT2D eigenvalue weighted by Gasteiger charge is 2.37. The summed E-state index contributed by atoms with van der Waals surface area (Å²) in [6.07, 6.45) is 2.20. The number of nitrogens with zero attached hydrogens (tertiary/aromatic N) is 3. The molecule has 22 heavy (non-hydrogen) atoms. The number of aliphatic carboxylic acids is 1. The van der Waals surface area contributed by atoms with Crippen LogP contribution in [-0.2, 0) is 9.53 Å². The van der Waals surface area contributed by atoms with E-state index in [0.717, 1.165) is 0 Å². The van der Waals surface area contributed by atoms with Crippen LogP contribution in [0.5, 0.6) is 0 Å². The molecule has 2 heterocycles. The van der Waals surface area contributed by atoms with Crippen molar-refractivity contribution in [3.63, 3.8) is 0 Å². The van der Waals surface area contributed by atoms with Crippen molar-refractivity contribution in [3.05, 3.63) is 27.9 Å². The zero-order chi connectivity index (χ0) is 16.3. The third kappa shape index (κ3) is 2.83. The number of rotatable bonds is 5. The van der Waals surface area contributed by atoms with Crippen LogP contribution in [0.4, 0.5) is 11.5 Å². The number of ether oxygens (including phenoxy) is 1. The largest absolute Gasteiger partial charge is 0.480 e. The van der Waals surface area contributed by atoms with E-state index in [2.05, 4.69) is 4.98 Å². The van der Waals surface area contributed by atoms with Gasteiger partial charge < -0.3 is 14.7 Å². The summed E-state index contributed by atoms with van der Waals surface area (Å²) >= 11 is 0. The molecule has 118 valence electrons. The number of carbonyl (C=O) groups excluding carboxylic acids is 1. The van der Waals surface area contributed by atoms with Crippen LogP contribution in [0.2, 0.25) is 0 Å². The fourth-order valence-electron chi connectivity index (χ4n) is 2.48. The molecule has 0 amide bonds. The normalized spacial score (nSPS) is 17.3. The van der Waals surface area contributed by atoms with Gasteiger partial charge >= 0.3 is 17.6 Å². The van der Waals surface area contributed by atoms with E-state index in [9.17, 15) is 24.8 Å². The van der Waals surface area contributed by atoms with Gasteiger partial charge in [0.25, 0.3) is 0 Å². The second-order valence-electron chi connectivity index (χ2n) is 4.70. The first-order chi connectivity index (χ1) is 10.5. The van der Waals surface area contributed by atoms with Gasteiger partial charge in [-0.05, 0) is 25.8 Å². The molecule has 1 aliphatic heterocycles. The highest BCUT2D eigenvalue weighted by Crippen LogP contribution is 2.34. The van der Waals surface area contributed by atoms with Gasteiger partial charge in [0, 0.05) is 12.7 Å². The van der Waals surface area contributed by atoms with Gasteiger partial charge in [0.15, 0.2) is 0 Å². The van der Waals surface area contributed by atoms with Crippen molar-refractivity contribution in [2.75, 3.05) is 18.1 Å². The molecule has 1 aromatic rings. The fourth-order valence-corrected chi connectivity index (χ4v) is 2.48. The molecule has 0 bridgehead atoms. The van der Waals surface area contributed by atoms with Crippen molar-refractivity contribution in [1.82, 2.24) is 4.98 Å². The number of carboxylic acids is 1. The molecule has 0 aliphatic carbocycles. The average molecular weight is 309 g/mol. The van der Waals surface area contributed by atoms with Crippen molar-refractivity contribution < 1.29 is 24.4 Å². The highest BCUT2D eigenvalue weighted by molar-refractivity contribution is 5.96. The smallest absolute Gasteiger partial charge is 0.345 e. The minimum absolute atomic E-state index is 0.0785. The molecule has 9 heteroatoms. The molecule has 2 rings (SSSR count). The summed E-state index contributed by atoms with van der Waals surface area (Å²) in [5.41, 5.74) is -0.748. The molecule has 0 radical (unpaired) electrons. The van der Waals surface area contributed by atoms with Crippen LogP contribution < -0.4 is 4.90 Å². The van der Waals surface area contributed by atoms with Gasteiger partial charge in [-0.1, -0.05) is 0 Å². The van der Waals surface area contributed by atoms with Crippen molar-refractivity contribution in [1.29, 1.82) is 0 Å². The molecule has 1 aromatic heterocycles. The molecule has 1 saturated heterocycles. The molecular weight excluding hydrogens is 294 g/mol. The van der Waals surface area contributed by atoms with Gasteiger partial charge in [-0.25, -0.2) is 14.6 Å². The lowest BCUT2D eigenvalue weighted by Gasteiger charge is -2.22. The van der Waals surface area contributed by atoms with Crippen LogP contribution in [0.25, 0.3) is 0 Å². The van der Waals surface area contributed by atoms with E-state index < -0.39 is 28.6 Å². The summed E-state index contributed by atoms with van der Waals surface area (Å²) in [4.78, 5) is 39.0. The van der Waals surface area contributed by atoms with Crippen LogP contribution in [0.15, 0.2) is 12.3 Å². The highest BCUT2D eigenvalue weighted by atomic mass is 16.6. The SMILES string of the molecule is CCOC(=O)c1ccnc(N2CCC[C@@H]2C(=O)O)c1[N+](=O)[O-]. The van der Waals surface area contributed by atoms with Crippen LogP contribution in [0.1, 0.15) is 30.1 Å². The Morgan fingerprint density at radius 2 is 2.32 bits per heavy atom. The molecular formula is C13H15N3O6. The van der Waals surface area contributed by atoms with Gasteiger partial charge in [0.2, 0.25) is 5.82 Å². The van der Waals surface area contributed by atoms with Gasteiger partial charge in [0.05, 0.1) is 11.5 Å². The summed E-state index contributed by atoms with van der Waals surface area (Å²) in [5, 5.41) is 20.6. The predicted octanol–water partition coefficient (Wildman–Crippen LogP) is 1.22. The number of hydrogen-bond donors (Lipinski definition) is 1. The number of nitro groups is 1. The first-order valence-electron chi connectivity index (χ1n) is 6.77. The molecule has 0 aromatic carbocycles. The van der Waals surface area contributed by atoms with Crippen molar-refractivity contribution in [2.45, 2.75) is 25.8 Å². The standard InChI is InChI=1S/C13H15N3O6/c1-2-22-13(19)8-5-6-14-11(10(8)16(20)21)15-7-3-4-9(15)12(17)18/h5-6,9H,2-4,7H2,1H3,(H,17,18)/t9-/m1/s1. The third-order valence-electron chi connectivity index (χ3n) is 3.39. The minimum Gasteiger partial charge on any atom is -0.480 e. The van der Waals surface area contributed by atoms with E-state index in [1.165, 1.54) is 17.2 Å². The number of carbonyl (C=O) groups is 2. The Balaban J connectivity index is 2.52. The van der Waals surface area contributed by atoms with Gasteiger partial charge in [0.1, 0.15) is 11.6 Å². The second kappa shape index (κ2) is 6.37. The average Bonchev–Trinajstić information content (AvgIpc) is 2.96. The molecule has 0 spiro atoms. The van der Waals surface area contributed by atoms with Crippen LogP contribution in [0, 0.1) is 10.1 Å². The number of pyridine rings is 1. The van der Waals surface area contributed by atoms with Gasteiger partial charge in [-0.3, -0.25) is 10.1 Å². The van der Waals surface area contributed by atoms with Crippen molar-refractivity contribution in [2.24, 2.45) is 0 Å². The molecule has 9 nitrogen and oxygen atoms in total. The third-order valence-corrected chi connectivity index (χ3v) is 3.39. The quantitative estimate of drug-likeness (QED) is 0.489. The Morgan fingerprint density at radius 1 is 1.59 bits per heavy atom. The summed E-state index contributed by atoms with van der Waals surface area (Å²) < 4.78 is 4.80. The summed E-state index contributed by atoms with van der Waals surface area (Å²) in [6, 6.07) is 0.314. The first kappa shape index (κ1) is 15.7. The number of aromatic nitrogens is 1. The summed E-state index contributed by atoms with van der Waals surface area (Å²) in [7, 11) is 0. The number of anilines is 1. The Morgan fingerprint density at radius 3 is 2.91 bits per heavy atom. The van der Waals surface area contributed by atoms with E-state index in [1.54, 1.807) is 6.92 Å². The number of hydrogen-bond acceptors (Lipinski definition) is 7. The zero-order valence-electron chi connectivity index (χ0n) is 11.9. The van der Waals surface area contributed by atoms with Crippen LogP contribution >= 0.6 is 0 Å². The van der Waals surface area contributed by atoms with E-state index in [4.69, 9.17) is 4.74 Å². The maximum Gasteiger partial charge on any atom is 0.345 e. The number of carboxylic acid groups (broad SMARTS) is 1. The Labute approximate surface area is 125 Å². The Hall–Kier alpha value is -2.71. The van der Waals surface area contributed by atoms with E-state index in [-0.39, 0.29) is 18.0 Å². The van der Waals surface area contributed by atoms with E-state index in [0.29, 0.717) is 19.4 Å². The van der Waals surface area contributed by atoms with Gasteiger partial charge in [-0.15, -0.1) is 0 Å². The summed E-state index contributed by atoms with van der Waals surface area (Å²) in [5.74, 6) is -2.01. The summed E-state index contributed by atoms with van der Waals surface area (Å²) in [6.45, 7) is 2.00. The Kier molecular flexibility index (Phi) is 4.54. The van der Waals surface area contributed by atoms with Gasteiger partial charge in [-0.2, -0.15) is 0 Å². The maximum atomic E-state index is 11.9. The lowest BCUT2D eigenvalue weighted by Crippen LogP contribution is -2.37. The fraction of sp³-hybridized carbons (Fsp3) is 0.462. The van der Waals surface area contributed by atoms with Crippen LogP contribution in [0.3, 0.4) is 0 Å². The molecule has 1 atom stereocenters. The monoisotopic (exact) mass is 309 g/mol. The molecule has 1 fully saturated rings. The van der Waals surface area contributed by atoms with E-state index >= 15 is 0 Å². The molecule has 0 unspecified atom stereocenters. The van der Waals surface area contributed by atoms with Crippen molar-refractivity contribution in [3.8, 4) is 0 Å². The zero-order valence-corrected chi connectivity index (χ0v) is 11.9. The molecule has 1 aliphatic rings. The first-order valence-corrected chi connectivity index (χ1v) is 6.77. The minimum atomic E-state index is -1.07. The predicted molar refractivity (Wildman–Crippen MR) is 74.9 cm³/mol. The lowest BCUT2D eigenvalue weighted by atomic mass is 10.2. The molecule has 1 N–H and O–H groups in total. The van der Waals surface area contributed by atoms with Crippen LogP contribution in [-0.4, -0.2) is 46.1 Å². The van der Waals surface area contributed by atoms with Crippen molar-refractivity contribution >= 4 is 23.4 Å². The van der Waals surface area contributed by atoms with E-state index in [1.807, 2.05) is 0 Å². The molecule has 0 saturated carbocycles. The topological polar surface area (TPSA) is 123 Å². The lowest BCUT2D eigenvalue weighted by molar-refractivity contribution is -0.384. The maximum absolute atomic E-state index is 11.9. The second-order valence-corrected chi connectivity index (χ2v) is 4.70.